The summed E-state index contributed by atoms with van der Waals surface area (Å²) in [6, 6.07) is 0. The summed E-state index contributed by atoms with van der Waals surface area (Å²) in [5.74, 6) is 0. The van der Waals surface area contributed by atoms with Crippen molar-refractivity contribution in [2.24, 2.45) is 0 Å². The third-order valence-electron chi connectivity index (χ3n) is 0.441. The maximum atomic E-state index is 10.5. The van der Waals surface area contributed by atoms with E-state index in [0.717, 1.165) is 0 Å². The molecule has 0 saturated heterocycles. The first kappa shape index (κ1) is 7.48. The molecule has 0 aromatic carbocycles. The lowest BCUT2D eigenvalue weighted by atomic mass is 11.3. The molecule has 0 aromatic rings. The van der Waals surface area contributed by atoms with Crippen molar-refractivity contribution in [3.63, 3.8) is 0 Å². The van der Waals surface area contributed by atoms with Crippen molar-refractivity contribution in [2.45, 2.75) is 0 Å². The summed E-state index contributed by atoms with van der Waals surface area (Å²) in [5, 5.41) is 2.71. The van der Waals surface area contributed by atoms with Gasteiger partial charge in [-0.3, -0.25) is 0 Å². The lowest BCUT2D eigenvalue weighted by molar-refractivity contribution is 0.585. The van der Waals surface area contributed by atoms with Gasteiger partial charge in [-0.25, -0.2) is 0 Å². The second kappa shape index (κ2) is 2.71. The van der Waals surface area contributed by atoms with Crippen LogP contribution in [0.3, 0.4) is 0 Å². The number of hydrogen-bond acceptors (Lipinski definition) is 2. The first-order valence-electron chi connectivity index (χ1n) is 1.97. The highest BCUT2D eigenvalue weighted by atomic mass is 35.7. The second-order valence-electron chi connectivity index (χ2n) is 1.50. The fourth-order valence-electron chi connectivity index (χ4n) is 0.282. The quantitative estimate of drug-likeness (QED) is 0.588. The highest BCUT2D eigenvalue weighted by molar-refractivity contribution is 7.88. The average Bonchev–Trinajstić information content (AvgIpc) is 1.30. The van der Waals surface area contributed by atoms with Crippen LogP contribution in [0.4, 0.5) is 0 Å². The summed E-state index contributed by atoms with van der Waals surface area (Å²) in [7, 11) is 1.72. The average molecular weight is 142 g/mol. The molecule has 0 aliphatic heterocycles. The number of nitrogens with one attached hydrogen (secondary N) is 1. The SMILES string of the molecule is CNCP(C)(=O)Cl. The number of hydrogen-bond donors (Lipinski definition) is 1. The molecule has 44 valence electrons. The zero-order valence-electron chi connectivity index (χ0n) is 4.44. The maximum absolute atomic E-state index is 10.5. The van der Waals surface area contributed by atoms with Crippen molar-refractivity contribution in [1.29, 1.82) is 0 Å². The Kier molecular flexibility index (Phi) is 2.89. The molecule has 0 aliphatic rings. The van der Waals surface area contributed by atoms with Gasteiger partial charge in [0.05, 0.1) is 6.29 Å². The third-order valence-corrected chi connectivity index (χ3v) is 1.68. The molecule has 2 nitrogen and oxygen atoms in total. The summed E-state index contributed by atoms with van der Waals surface area (Å²) >= 11 is 5.33. The fraction of sp³-hybridized carbons (Fsp3) is 1.00. The first-order valence-corrected chi connectivity index (χ1v) is 5.21. The van der Waals surface area contributed by atoms with Crippen LogP contribution in [0.25, 0.3) is 0 Å². The van der Waals surface area contributed by atoms with Crippen LogP contribution in [-0.2, 0) is 4.57 Å². The second-order valence-corrected chi connectivity index (χ2v) is 5.93. The molecule has 0 aliphatic carbocycles. The molecule has 1 N–H and O–H groups in total. The number of halogens is 1. The molecule has 0 rings (SSSR count). The molecule has 1 atom stereocenters. The third kappa shape index (κ3) is 6.48. The minimum absolute atomic E-state index is 0.411. The fourth-order valence-corrected chi connectivity index (χ4v) is 1.21. The van der Waals surface area contributed by atoms with Crippen molar-refractivity contribution >= 4 is 17.7 Å². The van der Waals surface area contributed by atoms with Gasteiger partial charge in [0, 0.05) is 6.66 Å². The zero-order valence-corrected chi connectivity index (χ0v) is 6.09. The summed E-state index contributed by atoms with van der Waals surface area (Å²) in [6.07, 6.45) is 0.411. The normalized spacial score (nSPS) is 18.7. The standard InChI is InChI=1S/C3H9ClNOP/c1-5-3-7(2,4)6/h5H,3H2,1-2H3. The Labute approximate surface area is 48.4 Å². The van der Waals surface area contributed by atoms with Crippen LogP contribution in [-0.4, -0.2) is 20.0 Å². The van der Waals surface area contributed by atoms with E-state index in [2.05, 4.69) is 5.32 Å². The van der Waals surface area contributed by atoms with Crippen LogP contribution in [0, 0.1) is 0 Å². The lowest BCUT2D eigenvalue weighted by Gasteiger charge is -1.98. The topological polar surface area (TPSA) is 29.1 Å². The molecule has 0 bridgehead atoms. The predicted molar refractivity (Wildman–Crippen MR) is 33.3 cm³/mol. The van der Waals surface area contributed by atoms with Crippen molar-refractivity contribution in [2.75, 3.05) is 20.0 Å². The van der Waals surface area contributed by atoms with Crippen molar-refractivity contribution in [1.82, 2.24) is 5.32 Å². The summed E-state index contributed by atoms with van der Waals surface area (Å²) in [4.78, 5) is 0. The molecule has 1 unspecified atom stereocenters. The van der Waals surface area contributed by atoms with E-state index in [1.165, 1.54) is 6.66 Å². The first-order chi connectivity index (χ1) is 3.06. The van der Waals surface area contributed by atoms with E-state index in [1.54, 1.807) is 7.05 Å². The highest BCUT2D eigenvalue weighted by Crippen LogP contribution is 2.44. The van der Waals surface area contributed by atoms with Crippen molar-refractivity contribution in [3.8, 4) is 0 Å². The van der Waals surface area contributed by atoms with E-state index in [4.69, 9.17) is 11.2 Å². The molecular formula is C3H9ClNOP. The van der Waals surface area contributed by atoms with Crippen LogP contribution in [0.2, 0.25) is 0 Å². The minimum Gasteiger partial charge on any atom is -0.312 e. The molecular weight excluding hydrogens is 132 g/mol. The Bertz CT molecular complexity index is 88.9. The van der Waals surface area contributed by atoms with Gasteiger partial charge in [0.15, 0.2) is 6.49 Å². The van der Waals surface area contributed by atoms with Gasteiger partial charge in [0.1, 0.15) is 0 Å². The molecule has 7 heavy (non-hydrogen) atoms. The molecule has 0 spiro atoms. The predicted octanol–water partition coefficient (Wildman–Crippen LogP) is 1.31. The molecule has 0 radical (unpaired) electrons. The maximum Gasteiger partial charge on any atom is 0.179 e. The van der Waals surface area contributed by atoms with E-state index in [9.17, 15) is 4.57 Å². The Morgan fingerprint density at radius 2 is 2.29 bits per heavy atom. The van der Waals surface area contributed by atoms with Crippen LogP contribution in [0.1, 0.15) is 0 Å². The summed E-state index contributed by atoms with van der Waals surface area (Å²) in [6.45, 7) is -0.772. The van der Waals surface area contributed by atoms with Gasteiger partial charge in [-0.1, -0.05) is 11.2 Å². The van der Waals surface area contributed by atoms with Crippen LogP contribution in [0.5, 0.6) is 0 Å². The van der Waals surface area contributed by atoms with E-state index >= 15 is 0 Å². The molecule has 4 heteroatoms. The molecule has 0 amide bonds. The van der Waals surface area contributed by atoms with Crippen molar-refractivity contribution < 1.29 is 4.57 Å². The largest absolute Gasteiger partial charge is 0.312 e. The van der Waals surface area contributed by atoms with Gasteiger partial charge in [-0.05, 0) is 7.05 Å². The van der Waals surface area contributed by atoms with Gasteiger partial charge in [-0.15, -0.1) is 0 Å². The van der Waals surface area contributed by atoms with Crippen molar-refractivity contribution in [3.05, 3.63) is 0 Å². The summed E-state index contributed by atoms with van der Waals surface area (Å²) in [5.41, 5.74) is 0. The van der Waals surface area contributed by atoms with Gasteiger partial charge < -0.3 is 9.88 Å². The smallest absolute Gasteiger partial charge is 0.179 e. The molecule has 0 aromatic heterocycles. The van der Waals surface area contributed by atoms with E-state index in [-0.39, 0.29) is 0 Å². The van der Waals surface area contributed by atoms with Gasteiger partial charge in [-0.2, -0.15) is 0 Å². The van der Waals surface area contributed by atoms with E-state index < -0.39 is 6.49 Å². The minimum atomic E-state index is -2.30. The Morgan fingerprint density at radius 3 is 2.29 bits per heavy atom. The highest BCUT2D eigenvalue weighted by Gasteiger charge is 2.05. The van der Waals surface area contributed by atoms with Crippen LogP contribution >= 0.6 is 17.7 Å². The van der Waals surface area contributed by atoms with Crippen LogP contribution < -0.4 is 5.32 Å². The van der Waals surface area contributed by atoms with E-state index in [1.807, 2.05) is 0 Å². The Morgan fingerprint density at radius 1 is 1.86 bits per heavy atom. The Hall–Kier alpha value is 0.480. The monoisotopic (exact) mass is 141 g/mol. The van der Waals surface area contributed by atoms with Gasteiger partial charge in [0.2, 0.25) is 0 Å². The van der Waals surface area contributed by atoms with Gasteiger partial charge >= 0.3 is 0 Å². The lowest BCUT2D eigenvalue weighted by Crippen LogP contribution is -2.04. The number of rotatable bonds is 2. The molecule has 0 heterocycles. The molecule has 0 saturated carbocycles. The summed E-state index contributed by atoms with van der Waals surface area (Å²) < 4.78 is 10.5. The Balaban J connectivity index is 3.36. The van der Waals surface area contributed by atoms with Gasteiger partial charge in [0.25, 0.3) is 0 Å². The zero-order chi connectivity index (χ0) is 5.91. The van der Waals surface area contributed by atoms with E-state index in [0.29, 0.717) is 6.29 Å². The van der Waals surface area contributed by atoms with Crippen LogP contribution in [0.15, 0.2) is 0 Å². The molecule has 0 fully saturated rings.